The number of aliphatic carboxylic acids is 2. The minimum atomic E-state index is -0.844. The first-order valence-electron chi connectivity index (χ1n) is 14.5. The van der Waals surface area contributed by atoms with Gasteiger partial charge in [0.25, 0.3) is 0 Å². The Morgan fingerprint density at radius 1 is 0.511 bits per heavy atom. The van der Waals surface area contributed by atoms with Gasteiger partial charge in [0.15, 0.2) is 0 Å². The second-order valence-electron chi connectivity index (χ2n) is 10.9. The van der Waals surface area contributed by atoms with Crippen LogP contribution in [0.1, 0.15) is 45.9 Å². The average Bonchev–Trinajstić information content (AvgIpc) is 3.04. The smallest absolute Gasteiger partial charge is 0.323 e. The third kappa shape index (κ3) is 11.1. The van der Waals surface area contributed by atoms with Gasteiger partial charge in [-0.15, -0.1) is 0 Å². The molecule has 0 spiro atoms. The maximum atomic E-state index is 10.7. The van der Waals surface area contributed by atoms with Crippen LogP contribution < -0.4 is 9.80 Å². The van der Waals surface area contributed by atoms with Crippen LogP contribution in [0, 0.1) is 27.7 Å². The minimum Gasteiger partial charge on any atom is -0.480 e. The van der Waals surface area contributed by atoms with Crippen LogP contribution in [-0.2, 0) is 26.1 Å². The fraction of sp³-hybridized carbons (Fsp3) is 0.211. The predicted molar refractivity (Wildman–Crippen MR) is 180 cm³/mol. The fourth-order valence-corrected chi connectivity index (χ4v) is 4.87. The van der Waals surface area contributed by atoms with Gasteiger partial charge in [0.05, 0.1) is 0 Å². The SMILES string of the molecule is [CH2-]C(c1ccccc1)C([CH2-])c1ccc(N(C)CC(=O)O)cc1.[CH2-]C(c1ccccc1)C([CH2-])c1ccc(N(C)CC(=O)O)cc1.[Ni]. The molecule has 0 amide bonds. The standard InChI is InChI=1S/2C19H21NO2.Ni/c2*1-14(16-7-5-4-6-8-16)15(2)17-9-11-18(12-10-17)20(3)13-19(21)22;/h2*4-12,14-15H,1-2,13H2,3H3,(H,21,22);/q2*-2;. The first-order valence-corrected chi connectivity index (χ1v) is 14.5. The van der Waals surface area contributed by atoms with Crippen LogP contribution >= 0.6 is 0 Å². The van der Waals surface area contributed by atoms with Gasteiger partial charge < -0.3 is 47.7 Å². The summed E-state index contributed by atoms with van der Waals surface area (Å²) in [6.07, 6.45) is 0. The zero-order valence-electron chi connectivity index (χ0n) is 25.9. The van der Waals surface area contributed by atoms with E-state index in [1.165, 1.54) is 0 Å². The number of benzene rings is 4. The molecule has 0 aliphatic heterocycles. The van der Waals surface area contributed by atoms with Crippen molar-refractivity contribution in [1.29, 1.82) is 0 Å². The Morgan fingerprint density at radius 3 is 1.00 bits per heavy atom. The third-order valence-electron chi connectivity index (χ3n) is 7.70. The van der Waals surface area contributed by atoms with Crippen molar-refractivity contribution in [2.45, 2.75) is 23.7 Å². The molecule has 0 saturated carbocycles. The summed E-state index contributed by atoms with van der Waals surface area (Å²) in [4.78, 5) is 24.9. The monoisotopic (exact) mass is 648 g/mol. The van der Waals surface area contributed by atoms with Gasteiger partial charge in [0, 0.05) is 42.0 Å². The third-order valence-corrected chi connectivity index (χ3v) is 7.70. The molecule has 0 aliphatic carbocycles. The maximum absolute atomic E-state index is 10.7. The van der Waals surface area contributed by atoms with E-state index in [1.807, 2.05) is 84.9 Å². The summed E-state index contributed by atoms with van der Waals surface area (Å²) < 4.78 is 0. The van der Waals surface area contributed by atoms with Gasteiger partial charge in [-0.05, 0) is 24.3 Å². The van der Waals surface area contributed by atoms with Crippen LogP contribution in [0.5, 0.6) is 0 Å². The molecule has 0 radical (unpaired) electrons. The average molecular weight is 649 g/mol. The first kappa shape index (κ1) is 37.1. The van der Waals surface area contributed by atoms with Crippen molar-refractivity contribution in [3.8, 4) is 0 Å². The number of nitrogens with zero attached hydrogens (tertiary/aromatic N) is 2. The van der Waals surface area contributed by atoms with Crippen molar-refractivity contribution in [1.82, 2.24) is 0 Å². The van der Waals surface area contributed by atoms with Crippen molar-refractivity contribution >= 4 is 23.3 Å². The number of likely N-dealkylation sites (N-methyl/N-ethyl adjacent to an activating group) is 2. The number of carboxylic acids is 2. The van der Waals surface area contributed by atoms with Gasteiger partial charge in [-0.25, -0.2) is 0 Å². The van der Waals surface area contributed by atoms with Crippen LogP contribution in [-0.4, -0.2) is 49.3 Å². The molecule has 0 aliphatic rings. The van der Waals surface area contributed by atoms with Crippen LogP contribution in [0.15, 0.2) is 109 Å². The zero-order valence-corrected chi connectivity index (χ0v) is 26.9. The topological polar surface area (TPSA) is 81.1 Å². The molecule has 7 heteroatoms. The molecule has 242 valence electrons. The Morgan fingerprint density at radius 2 is 0.756 bits per heavy atom. The number of carboxylic acid groups (broad SMARTS) is 2. The molecule has 0 aromatic heterocycles. The number of carbonyl (C=O) groups is 2. The van der Waals surface area contributed by atoms with Gasteiger partial charge >= 0.3 is 11.9 Å². The van der Waals surface area contributed by atoms with E-state index < -0.39 is 11.9 Å². The quantitative estimate of drug-likeness (QED) is 0.122. The Balaban J connectivity index is 0.000000307. The van der Waals surface area contributed by atoms with Crippen LogP contribution in [0.2, 0.25) is 0 Å². The Hall–Kier alpha value is -4.09. The molecule has 4 rings (SSSR count). The van der Waals surface area contributed by atoms with Gasteiger partial charge in [0.2, 0.25) is 0 Å². The van der Waals surface area contributed by atoms with Crippen molar-refractivity contribution in [3.63, 3.8) is 0 Å². The number of hydrogen-bond donors (Lipinski definition) is 2. The molecule has 4 atom stereocenters. The van der Waals surface area contributed by atoms with E-state index in [4.69, 9.17) is 10.2 Å². The Bertz CT molecular complexity index is 1330. The molecule has 0 saturated heterocycles. The first-order chi connectivity index (χ1) is 21.0. The zero-order chi connectivity index (χ0) is 32.2. The molecule has 2 N–H and O–H groups in total. The molecule has 4 aromatic rings. The van der Waals surface area contributed by atoms with Crippen molar-refractivity contribution in [2.75, 3.05) is 37.0 Å². The number of hydrogen-bond acceptors (Lipinski definition) is 4. The molecular weight excluding hydrogens is 607 g/mol. The van der Waals surface area contributed by atoms with Crippen molar-refractivity contribution in [3.05, 3.63) is 159 Å². The molecule has 6 nitrogen and oxygen atoms in total. The van der Waals surface area contributed by atoms with E-state index in [1.54, 1.807) is 23.9 Å². The summed E-state index contributed by atoms with van der Waals surface area (Å²) in [6, 6.07) is 35.9. The van der Waals surface area contributed by atoms with Crippen LogP contribution in [0.4, 0.5) is 11.4 Å². The summed E-state index contributed by atoms with van der Waals surface area (Å²) in [7, 11) is 3.53. The second kappa shape index (κ2) is 18.0. The van der Waals surface area contributed by atoms with E-state index in [2.05, 4.69) is 52.0 Å². The summed E-state index contributed by atoms with van der Waals surface area (Å²) in [5.41, 5.74) is 6.26. The summed E-state index contributed by atoms with van der Waals surface area (Å²) in [5, 5.41) is 17.7. The summed E-state index contributed by atoms with van der Waals surface area (Å²) >= 11 is 0. The molecule has 0 fully saturated rings. The van der Waals surface area contributed by atoms with E-state index in [0.29, 0.717) is 0 Å². The van der Waals surface area contributed by atoms with Crippen molar-refractivity contribution in [2.24, 2.45) is 0 Å². The molecular formula is C38H42N2NiO4-4. The van der Waals surface area contributed by atoms with Gasteiger partial charge in [-0.3, -0.25) is 9.59 Å². The normalized spacial score (nSPS) is 13.1. The summed E-state index contributed by atoms with van der Waals surface area (Å²) in [6.45, 7) is 16.9. The van der Waals surface area contributed by atoms with Gasteiger partial charge in [0.1, 0.15) is 13.1 Å². The van der Waals surface area contributed by atoms with E-state index in [9.17, 15) is 9.59 Å². The van der Waals surface area contributed by atoms with E-state index in [0.717, 1.165) is 33.6 Å². The predicted octanol–water partition coefficient (Wildman–Crippen LogP) is 7.48. The largest absolute Gasteiger partial charge is 0.480 e. The van der Waals surface area contributed by atoms with Gasteiger partial charge in [-0.2, -0.15) is 23.7 Å². The molecule has 4 unspecified atom stereocenters. The van der Waals surface area contributed by atoms with Crippen LogP contribution in [0.3, 0.4) is 0 Å². The number of rotatable bonds is 12. The van der Waals surface area contributed by atoms with Crippen molar-refractivity contribution < 1.29 is 36.3 Å². The molecule has 45 heavy (non-hydrogen) atoms. The van der Waals surface area contributed by atoms with E-state index in [-0.39, 0.29) is 53.3 Å². The second-order valence-corrected chi connectivity index (χ2v) is 10.9. The maximum Gasteiger partial charge on any atom is 0.323 e. The molecule has 0 bridgehead atoms. The molecule has 0 heterocycles. The summed E-state index contributed by atoms with van der Waals surface area (Å²) in [5.74, 6) is -1.46. The van der Waals surface area contributed by atoms with Gasteiger partial charge in [-0.1, -0.05) is 107 Å². The Kier molecular flexibility index (Phi) is 14.9. The van der Waals surface area contributed by atoms with E-state index >= 15 is 0 Å². The Labute approximate surface area is 278 Å². The molecule has 4 aromatic carbocycles. The fourth-order valence-electron chi connectivity index (χ4n) is 4.87. The van der Waals surface area contributed by atoms with Crippen LogP contribution in [0.25, 0.3) is 0 Å². The minimum absolute atomic E-state index is 0. The number of anilines is 2.